The van der Waals surface area contributed by atoms with E-state index in [1.54, 1.807) is 29.2 Å². The fourth-order valence-corrected chi connectivity index (χ4v) is 3.68. The zero-order valence-electron chi connectivity index (χ0n) is 17.1. The molecule has 6 nitrogen and oxygen atoms in total. The Morgan fingerprint density at radius 3 is 2.43 bits per heavy atom. The Bertz CT molecular complexity index is 936. The van der Waals surface area contributed by atoms with Gasteiger partial charge in [0, 0.05) is 28.8 Å². The van der Waals surface area contributed by atoms with Crippen molar-refractivity contribution in [2.45, 2.75) is 45.9 Å². The average molecular weight is 451 g/mol. The molecule has 0 saturated heterocycles. The Balaban J connectivity index is 1.56. The summed E-state index contributed by atoms with van der Waals surface area (Å²) in [5.41, 5.74) is 2.92. The molecule has 3 rings (SSSR count). The minimum Gasteiger partial charge on any atom is -0.444 e. The highest BCUT2D eigenvalue weighted by Crippen LogP contribution is 2.24. The molecule has 0 saturated carbocycles. The molecule has 0 aliphatic carbocycles. The number of benzene rings is 2. The predicted molar refractivity (Wildman–Crippen MR) is 117 cm³/mol. The predicted octanol–water partition coefficient (Wildman–Crippen LogP) is 6.04. The molecule has 0 fully saturated rings. The van der Waals surface area contributed by atoms with E-state index in [1.165, 1.54) is 0 Å². The third-order valence-electron chi connectivity index (χ3n) is 4.41. The van der Waals surface area contributed by atoms with Gasteiger partial charge in [0.15, 0.2) is 0 Å². The van der Waals surface area contributed by atoms with E-state index < -0.39 is 11.7 Å². The molecule has 1 aliphatic rings. The van der Waals surface area contributed by atoms with E-state index in [1.807, 2.05) is 32.9 Å². The number of hydrogen-bond acceptors (Lipinski definition) is 4. The van der Waals surface area contributed by atoms with E-state index in [-0.39, 0.29) is 12.7 Å². The summed E-state index contributed by atoms with van der Waals surface area (Å²) in [6.07, 6.45) is -0.211. The van der Waals surface area contributed by atoms with Gasteiger partial charge >= 0.3 is 12.2 Å². The Kier molecular flexibility index (Phi) is 6.78. The van der Waals surface area contributed by atoms with Crippen molar-refractivity contribution in [3.05, 3.63) is 63.1 Å². The van der Waals surface area contributed by atoms with Crippen LogP contribution in [0.15, 0.2) is 36.4 Å². The van der Waals surface area contributed by atoms with Crippen LogP contribution in [0.1, 0.15) is 37.5 Å². The molecule has 2 aromatic carbocycles. The fraction of sp³-hybridized carbons (Fsp3) is 0.364. The summed E-state index contributed by atoms with van der Waals surface area (Å²) >= 11 is 11.9. The van der Waals surface area contributed by atoms with Crippen LogP contribution in [0.4, 0.5) is 15.3 Å². The number of carbonyl (C=O) groups is 2. The van der Waals surface area contributed by atoms with Gasteiger partial charge in [-0.3, -0.25) is 5.32 Å². The first-order valence-electron chi connectivity index (χ1n) is 9.57. The van der Waals surface area contributed by atoms with Gasteiger partial charge < -0.3 is 14.4 Å². The highest BCUT2D eigenvalue weighted by Gasteiger charge is 2.25. The van der Waals surface area contributed by atoms with Crippen molar-refractivity contribution in [1.29, 1.82) is 0 Å². The molecule has 2 aromatic rings. The maximum absolute atomic E-state index is 12.3. The number of anilines is 1. The fourth-order valence-electron chi connectivity index (χ4n) is 3.11. The molecule has 0 spiro atoms. The third kappa shape index (κ3) is 6.28. The van der Waals surface area contributed by atoms with Crippen LogP contribution in [0.25, 0.3) is 0 Å². The van der Waals surface area contributed by atoms with Crippen LogP contribution in [-0.4, -0.2) is 29.2 Å². The standard InChI is InChI=1S/C22H24Cl2N2O4/c1-22(2,3)30-21(28)26-7-6-15-10-19(5-4-16(15)12-26)25-20(27)29-13-14-8-17(23)11-18(24)9-14/h4-5,8-11H,6-7,12-13H2,1-3H3,(H,25,27). The second-order valence-corrected chi connectivity index (χ2v) is 8.99. The van der Waals surface area contributed by atoms with Gasteiger partial charge in [-0.15, -0.1) is 0 Å². The largest absolute Gasteiger partial charge is 0.444 e. The molecule has 0 unspecified atom stereocenters. The molecular weight excluding hydrogens is 427 g/mol. The zero-order chi connectivity index (χ0) is 21.9. The molecule has 0 radical (unpaired) electrons. The number of carbonyl (C=O) groups excluding carboxylic acids is 2. The highest BCUT2D eigenvalue weighted by molar-refractivity contribution is 6.34. The van der Waals surface area contributed by atoms with E-state index >= 15 is 0 Å². The van der Waals surface area contributed by atoms with Crippen molar-refractivity contribution in [2.24, 2.45) is 0 Å². The van der Waals surface area contributed by atoms with Crippen LogP contribution in [0.3, 0.4) is 0 Å². The first-order chi connectivity index (χ1) is 14.1. The van der Waals surface area contributed by atoms with Crippen molar-refractivity contribution in [2.75, 3.05) is 11.9 Å². The number of ether oxygens (including phenoxy) is 2. The van der Waals surface area contributed by atoms with Gasteiger partial charge in [-0.2, -0.15) is 0 Å². The second kappa shape index (κ2) is 9.14. The topological polar surface area (TPSA) is 67.9 Å². The molecule has 8 heteroatoms. The second-order valence-electron chi connectivity index (χ2n) is 8.11. The molecule has 30 heavy (non-hydrogen) atoms. The Labute approximate surface area is 186 Å². The van der Waals surface area contributed by atoms with Crippen LogP contribution >= 0.6 is 23.2 Å². The first kappa shape index (κ1) is 22.2. The maximum atomic E-state index is 12.3. The monoisotopic (exact) mass is 450 g/mol. The smallest absolute Gasteiger partial charge is 0.411 e. The van der Waals surface area contributed by atoms with Crippen LogP contribution in [0.5, 0.6) is 0 Å². The number of hydrogen-bond donors (Lipinski definition) is 1. The summed E-state index contributed by atoms with van der Waals surface area (Å²) in [6.45, 7) is 6.64. The van der Waals surface area contributed by atoms with Gasteiger partial charge in [0.2, 0.25) is 0 Å². The molecule has 1 N–H and O–H groups in total. The quantitative estimate of drug-likeness (QED) is 0.618. The van der Waals surface area contributed by atoms with Crippen LogP contribution < -0.4 is 5.32 Å². The molecule has 1 heterocycles. The van der Waals surface area contributed by atoms with Crippen molar-refractivity contribution in [3.63, 3.8) is 0 Å². The lowest BCUT2D eigenvalue weighted by Crippen LogP contribution is -2.39. The van der Waals surface area contributed by atoms with Gasteiger partial charge in [-0.25, -0.2) is 9.59 Å². The molecule has 2 amide bonds. The Hall–Kier alpha value is -2.44. The van der Waals surface area contributed by atoms with Gasteiger partial charge in [0.25, 0.3) is 0 Å². The van der Waals surface area contributed by atoms with E-state index in [2.05, 4.69) is 5.32 Å². The van der Waals surface area contributed by atoms with Crippen molar-refractivity contribution in [1.82, 2.24) is 4.90 Å². The normalized spacial score (nSPS) is 13.4. The first-order valence-corrected chi connectivity index (χ1v) is 10.3. The number of nitrogens with one attached hydrogen (secondary N) is 1. The van der Waals surface area contributed by atoms with Gasteiger partial charge in [0.05, 0.1) is 0 Å². The average Bonchev–Trinajstić information content (AvgIpc) is 2.64. The summed E-state index contributed by atoms with van der Waals surface area (Å²) in [5, 5.41) is 3.69. The molecule has 1 aliphatic heterocycles. The lowest BCUT2D eigenvalue weighted by molar-refractivity contribution is 0.0224. The Morgan fingerprint density at radius 1 is 1.07 bits per heavy atom. The molecule has 0 bridgehead atoms. The Morgan fingerprint density at radius 2 is 1.77 bits per heavy atom. The van der Waals surface area contributed by atoms with Gasteiger partial charge in [-0.05, 0) is 74.2 Å². The van der Waals surface area contributed by atoms with Gasteiger partial charge in [-0.1, -0.05) is 29.3 Å². The van der Waals surface area contributed by atoms with E-state index in [4.69, 9.17) is 32.7 Å². The minimum atomic E-state index is -0.572. The molecule has 0 atom stereocenters. The van der Waals surface area contributed by atoms with Crippen LogP contribution in [0.2, 0.25) is 10.0 Å². The number of rotatable bonds is 3. The number of fused-ring (bicyclic) bond motifs is 1. The van der Waals surface area contributed by atoms with Crippen molar-refractivity contribution in [3.8, 4) is 0 Å². The minimum absolute atomic E-state index is 0.0574. The summed E-state index contributed by atoms with van der Waals surface area (Å²) < 4.78 is 10.7. The number of halogens is 2. The lowest BCUT2D eigenvalue weighted by atomic mass is 9.99. The molecule has 0 aromatic heterocycles. The number of amides is 2. The molecular formula is C22H24Cl2N2O4. The van der Waals surface area contributed by atoms with Crippen LogP contribution in [-0.2, 0) is 29.0 Å². The van der Waals surface area contributed by atoms with Crippen molar-refractivity contribution >= 4 is 41.1 Å². The maximum Gasteiger partial charge on any atom is 0.411 e. The lowest BCUT2D eigenvalue weighted by Gasteiger charge is -2.31. The summed E-state index contributed by atoms with van der Waals surface area (Å²) in [4.78, 5) is 26.1. The van der Waals surface area contributed by atoms with Crippen molar-refractivity contribution < 1.29 is 19.1 Å². The van der Waals surface area contributed by atoms with Gasteiger partial charge in [0.1, 0.15) is 12.2 Å². The zero-order valence-corrected chi connectivity index (χ0v) is 18.6. The van der Waals surface area contributed by atoms with E-state index in [9.17, 15) is 9.59 Å². The SMILES string of the molecule is CC(C)(C)OC(=O)N1CCc2cc(NC(=O)OCc3cc(Cl)cc(Cl)c3)ccc2C1. The van der Waals surface area contributed by atoms with Crippen LogP contribution in [0, 0.1) is 0 Å². The van der Waals surface area contributed by atoms with E-state index in [0.29, 0.717) is 40.8 Å². The van der Waals surface area contributed by atoms with E-state index in [0.717, 1.165) is 11.1 Å². The third-order valence-corrected chi connectivity index (χ3v) is 4.85. The molecule has 160 valence electrons. The number of nitrogens with zero attached hydrogens (tertiary/aromatic N) is 1. The summed E-state index contributed by atoms with van der Waals surface area (Å²) in [7, 11) is 0. The summed E-state index contributed by atoms with van der Waals surface area (Å²) in [5.74, 6) is 0. The summed E-state index contributed by atoms with van der Waals surface area (Å²) in [6, 6.07) is 10.6. The highest BCUT2D eigenvalue weighted by atomic mass is 35.5.